The quantitative estimate of drug-likeness (QED) is 0.335. The Morgan fingerprint density at radius 3 is 2.64 bits per heavy atom. The van der Waals surface area contributed by atoms with Gasteiger partial charge in [0.2, 0.25) is 0 Å². The van der Waals surface area contributed by atoms with Crippen molar-refractivity contribution in [1.82, 2.24) is 0 Å². The number of amidine groups is 1. The zero-order valence-corrected chi connectivity index (χ0v) is 13.8. The van der Waals surface area contributed by atoms with Crippen LogP contribution < -0.4 is 10.5 Å². The van der Waals surface area contributed by atoms with Crippen molar-refractivity contribution >= 4 is 22.6 Å². The van der Waals surface area contributed by atoms with Crippen LogP contribution in [0.2, 0.25) is 0 Å². The van der Waals surface area contributed by atoms with Crippen LogP contribution >= 0.6 is 0 Å². The van der Waals surface area contributed by atoms with E-state index in [1.807, 2.05) is 42.5 Å². The minimum atomic E-state index is -0.584. The van der Waals surface area contributed by atoms with Crippen LogP contribution in [0.3, 0.4) is 0 Å². The van der Waals surface area contributed by atoms with Gasteiger partial charge in [-0.05, 0) is 34.5 Å². The third-order valence-electron chi connectivity index (χ3n) is 3.80. The minimum absolute atomic E-state index is 0.229. The summed E-state index contributed by atoms with van der Waals surface area (Å²) in [5.74, 6) is 0.217. The van der Waals surface area contributed by atoms with Crippen LogP contribution in [-0.4, -0.2) is 18.9 Å². The van der Waals surface area contributed by atoms with Crippen molar-refractivity contribution in [3.05, 3.63) is 77.9 Å². The second-order valence-corrected chi connectivity index (χ2v) is 5.51. The van der Waals surface area contributed by atoms with E-state index in [1.165, 1.54) is 7.11 Å². The van der Waals surface area contributed by atoms with Crippen molar-refractivity contribution in [3.63, 3.8) is 0 Å². The zero-order valence-electron chi connectivity index (χ0n) is 13.8. The van der Waals surface area contributed by atoms with E-state index in [0.717, 1.165) is 16.3 Å². The van der Waals surface area contributed by atoms with Gasteiger partial charge in [0, 0.05) is 6.42 Å². The third-order valence-corrected chi connectivity index (χ3v) is 3.80. The molecule has 0 amide bonds. The number of nitrogens with zero attached hydrogens (tertiary/aromatic N) is 1. The zero-order chi connectivity index (χ0) is 17.6. The summed E-state index contributed by atoms with van der Waals surface area (Å²) in [7, 11) is 1.53. The molecule has 0 aliphatic rings. The lowest BCUT2D eigenvalue weighted by Crippen LogP contribution is -2.17. The molecule has 0 bridgehead atoms. The second kappa shape index (κ2) is 7.49. The molecular formula is C20H18N2O3. The average molecular weight is 334 g/mol. The van der Waals surface area contributed by atoms with Gasteiger partial charge in [0.1, 0.15) is 11.6 Å². The Labute approximate surface area is 145 Å². The Balaban J connectivity index is 1.72. The topological polar surface area (TPSA) is 73.9 Å². The van der Waals surface area contributed by atoms with Gasteiger partial charge in [0.05, 0.1) is 12.7 Å². The summed E-state index contributed by atoms with van der Waals surface area (Å²) in [6, 6.07) is 20.7. The van der Waals surface area contributed by atoms with Crippen LogP contribution in [0.25, 0.3) is 10.8 Å². The van der Waals surface area contributed by atoms with Crippen molar-refractivity contribution in [2.24, 2.45) is 10.9 Å². The molecule has 0 aliphatic carbocycles. The van der Waals surface area contributed by atoms with Crippen molar-refractivity contribution in [1.29, 1.82) is 0 Å². The molecule has 5 heteroatoms. The van der Waals surface area contributed by atoms with Crippen LogP contribution in [0.1, 0.15) is 15.9 Å². The van der Waals surface area contributed by atoms with E-state index < -0.39 is 5.97 Å². The highest BCUT2D eigenvalue weighted by atomic mass is 16.7. The second-order valence-electron chi connectivity index (χ2n) is 5.51. The Morgan fingerprint density at radius 1 is 1.04 bits per heavy atom. The van der Waals surface area contributed by atoms with Crippen LogP contribution in [0.4, 0.5) is 0 Å². The van der Waals surface area contributed by atoms with Crippen molar-refractivity contribution in [3.8, 4) is 5.75 Å². The van der Waals surface area contributed by atoms with Gasteiger partial charge in [0.15, 0.2) is 0 Å². The Morgan fingerprint density at radius 2 is 1.80 bits per heavy atom. The lowest BCUT2D eigenvalue weighted by Gasteiger charge is -2.06. The lowest BCUT2D eigenvalue weighted by molar-refractivity contribution is 0.0514. The maximum Gasteiger partial charge on any atom is 0.365 e. The molecular weight excluding hydrogens is 316 g/mol. The fraction of sp³-hybridized carbons (Fsp3) is 0.100. The van der Waals surface area contributed by atoms with E-state index in [0.29, 0.717) is 17.7 Å². The number of carbonyl (C=O) groups is 1. The predicted octanol–water partition coefficient (Wildman–Crippen LogP) is 3.52. The maximum absolute atomic E-state index is 12.0. The molecule has 0 heterocycles. The van der Waals surface area contributed by atoms with Gasteiger partial charge >= 0.3 is 5.97 Å². The molecule has 0 fully saturated rings. The summed E-state index contributed by atoms with van der Waals surface area (Å²) >= 11 is 0. The maximum atomic E-state index is 12.0. The molecule has 0 unspecified atom stereocenters. The van der Waals surface area contributed by atoms with Crippen LogP contribution in [0, 0.1) is 0 Å². The summed E-state index contributed by atoms with van der Waals surface area (Å²) in [6.45, 7) is 0. The Hall–Kier alpha value is -3.34. The average Bonchev–Trinajstić information content (AvgIpc) is 2.66. The molecule has 3 aromatic carbocycles. The number of hydrogen-bond acceptors (Lipinski definition) is 4. The molecule has 5 nitrogen and oxygen atoms in total. The van der Waals surface area contributed by atoms with Gasteiger partial charge in [-0.2, -0.15) is 0 Å². The summed E-state index contributed by atoms with van der Waals surface area (Å²) in [6.07, 6.45) is 0.396. The van der Waals surface area contributed by atoms with Crippen molar-refractivity contribution in [2.75, 3.05) is 7.11 Å². The standard InChI is InChI=1S/C20H18N2O3/c1-24-17-10-5-9-16(12-17)20(23)25-22-19(21)13-15-8-4-7-14-6-2-3-11-18(14)15/h2-12H,13H2,1H3,(H2,21,22). The highest BCUT2D eigenvalue weighted by Gasteiger charge is 2.09. The third kappa shape index (κ3) is 3.95. The van der Waals surface area contributed by atoms with Gasteiger partial charge in [-0.1, -0.05) is 53.7 Å². The monoisotopic (exact) mass is 334 g/mol. The number of rotatable bonds is 5. The number of carbonyl (C=O) groups excluding carboxylic acids is 1. The van der Waals surface area contributed by atoms with E-state index >= 15 is 0 Å². The molecule has 0 saturated heterocycles. The lowest BCUT2D eigenvalue weighted by atomic mass is 10.0. The Kier molecular flexibility index (Phi) is 4.95. The molecule has 25 heavy (non-hydrogen) atoms. The van der Waals surface area contributed by atoms with Gasteiger partial charge in [-0.3, -0.25) is 0 Å². The number of hydrogen-bond donors (Lipinski definition) is 1. The molecule has 0 spiro atoms. The number of benzene rings is 3. The van der Waals surface area contributed by atoms with Gasteiger partial charge in [0.25, 0.3) is 0 Å². The summed E-state index contributed by atoms with van der Waals surface area (Å²) in [5, 5.41) is 5.99. The highest BCUT2D eigenvalue weighted by Crippen LogP contribution is 2.19. The first-order valence-corrected chi connectivity index (χ1v) is 7.82. The van der Waals surface area contributed by atoms with Gasteiger partial charge in [-0.25, -0.2) is 4.79 Å². The molecule has 3 rings (SSSR count). The first-order chi connectivity index (χ1) is 12.2. The SMILES string of the molecule is COc1cccc(C(=O)ON=C(N)Cc2cccc3ccccc23)c1. The van der Waals surface area contributed by atoms with E-state index in [-0.39, 0.29) is 5.84 Å². The Bertz CT molecular complexity index is 930. The number of fused-ring (bicyclic) bond motifs is 1. The van der Waals surface area contributed by atoms with E-state index in [1.54, 1.807) is 24.3 Å². The molecule has 0 atom stereocenters. The summed E-state index contributed by atoms with van der Waals surface area (Å²) in [4.78, 5) is 17.0. The first-order valence-electron chi connectivity index (χ1n) is 7.82. The number of ether oxygens (including phenoxy) is 1. The predicted molar refractivity (Wildman–Crippen MR) is 97.7 cm³/mol. The number of oxime groups is 1. The van der Waals surface area contributed by atoms with Gasteiger partial charge < -0.3 is 15.3 Å². The molecule has 126 valence electrons. The first kappa shape index (κ1) is 16.5. The van der Waals surface area contributed by atoms with E-state index in [4.69, 9.17) is 15.3 Å². The van der Waals surface area contributed by atoms with Crippen LogP contribution in [0.5, 0.6) is 5.75 Å². The fourth-order valence-corrected chi connectivity index (χ4v) is 2.58. The van der Waals surface area contributed by atoms with E-state index in [2.05, 4.69) is 5.16 Å². The van der Waals surface area contributed by atoms with Crippen molar-refractivity contribution < 1.29 is 14.4 Å². The number of methoxy groups -OCH3 is 1. The van der Waals surface area contributed by atoms with Crippen LogP contribution in [-0.2, 0) is 11.3 Å². The van der Waals surface area contributed by atoms with Crippen LogP contribution in [0.15, 0.2) is 71.9 Å². The number of nitrogens with two attached hydrogens (primary N) is 1. The van der Waals surface area contributed by atoms with E-state index in [9.17, 15) is 4.79 Å². The smallest absolute Gasteiger partial charge is 0.365 e. The molecule has 0 aromatic heterocycles. The molecule has 0 radical (unpaired) electrons. The normalized spacial score (nSPS) is 11.3. The largest absolute Gasteiger partial charge is 0.497 e. The summed E-state index contributed by atoms with van der Waals surface area (Å²) < 4.78 is 5.08. The molecule has 2 N–H and O–H groups in total. The fourth-order valence-electron chi connectivity index (χ4n) is 2.58. The summed E-state index contributed by atoms with van der Waals surface area (Å²) in [5.41, 5.74) is 7.30. The van der Waals surface area contributed by atoms with Gasteiger partial charge in [-0.15, -0.1) is 0 Å². The minimum Gasteiger partial charge on any atom is -0.497 e. The molecule has 3 aromatic rings. The molecule has 0 saturated carbocycles. The highest BCUT2D eigenvalue weighted by molar-refractivity contribution is 5.93. The molecule has 0 aliphatic heterocycles. The van der Waals surface area contributed by atoms with Crippen molar-refractivity contribution in [2.45, 2.75) is 6.42 Å².